The number of carbonyl (C=O) groups is 1. The number of nitrogens with one attached hydrogen (secondary N) is 1. The fourth-order valence-corrected chi connectivity index (χ4v) is 4.41. The van der Waals surface area contributed by atoms with Crippen molar-refractivity contribution in [3.05, 3.63) is 65.1 Å². The molecule has 34 heavy (non-hydrogen) atoms. The summed E-state index contributed by atoms with van der Waals surface area (Å²) in [6.45, 7) is 7.01. The number of halogens is 3. The molecule has 4 rings (SSSR count). The minimum Gasteiger partial charge on any atom is -0.406 e. The molecule has 0 atom stereocenters. The number of rotatable bonds is 7. The maximum atomic E-state index is 13.0. The van der Waals surface area contributed by atoms with Gasteiger partial charge >= 0.3 is 6.36 Å². The molecule has 3 aromatic rings. The summed E-state index contributed by atoms with van der Waals surface area (Å²) in [6.07, 6.45) is -0.159. The minimum absolute atomic E-state index is 0.0986. The third-order valence-electron chi connectivity index (χ3n) is 6.21. The number of alkyl halides is 3. The van der Waals surface area contributed by atoms with Crippen molar-refractivity contribution in [1.29, 1.82) is 0 Å². The molecule has 1 N–H and O–H groups in total. The Morgan fingerprint density at radius 3 is 2.50 bits per heavy atom. The number of piperidine rings is 1. The molecule has 3 heterocycles. The van der Waals surface area contributed by atoms with E-state index < -0.39 is 6.36 Å². The number of likely N-dealkylation sites (tertiary alicyclic amines) is 1. The Kier molecular flexibility index (Phi) is 7.11. The molecule has 0 radical (unpaired) electrons. The average Bonchev–Trinajstić information content (AvgIpc) is 3.16. The van der Waals surface area contributed by atoms with Gasteiger partial charge in [0.1, 0.15) is 17.1 Å². The third-order valence-corrected chi connectivity index (χ3v) is 6.21. The summed E-state index contributed by atoms with van der Waals surface area (Å²) in [4.78, 5) is 19.9. The van der Waals surface area contributed by atoms with Gasteiger partial charge in [0.05, 0.1) is 5.69 Å². The fraction of sp³-hybridized carbons (Fsp3) is 0.440. The van der Waals surface area contributed by atoms with Crippen molar-refractivity contribution in [3.63, 3.8) is 0 Å². The van der Waals surface area contributed by atoms with Crippen molar-refractivity contribution in [2.75, 3.05) is 19.6 Å². The Morgan fingerprint density at radius 2 is 1.85 bits per heavy atom. The van der Waals surface area contributed by atoms with Gasteiger partial charge in [0.15, 0.2) is 0 Å². The van der Waals surface area contributed by atoms with Crippen molar-refractivity contribution >= 4 is 11.6 Å². The van der Waals surface area contributed by atoms with E-state index in [1.807, 2.05) is 36.6 Å². The number of aromatic nitrogens is 2. The van der Waals surface area contributed by atoms with Gasteiger partial charge in [0.2, 0.25) is 0 Å². The Hall–Kier alpha value is -3.07. The number of nitrogens with zero attached hydrogens (tertiary/aromatic N) is 3. The minimum atomic E-state index is -4.68. The third kappa shape index (κ3) is 5.88. The highest BCUT2D eigenvalue weighted by Crippen LogP contribution is 2.24. The molecule has 0 bridgehead atoms. The fourth-order valence-electron chi connectivity index (χ4n) is 4.41. The number of hydrogen-bond acceptors (Lipinski definition) is 4. The Morgan fingerprint density at radius 1 is 1.15 bits per heavy atom. The van der Waals surface area contributed by atoms with Gasteiger partial charge in [-0.2, -0.15) is 0 Å². The largest absolute Gasteiger partial charge is 0.573 e. The Bertz CT molecular complexity index is 1130. The maximum Gasteiger partial charge on any atom is 0.573 e. The number of aryl methyl sites for hydroxylation is 2. The molecule has 2 aromatic heterocycles. The average molecular weight is 475 g/mol. The van der Waals surface area contributed by atoms with Gasteiger partial charge in [-0.05, 0) is 74.5 Å². The van der Waals surface area contributed by atoms with Gasteiger partial charge < -0.3 is 10.1 Å². The van der Waals surface area contributed by atoms with E-state index >= 15 is 0 Å². The van der Waals surface area contributed by atoms with Crippen LogP contribution in [0.3, 0.4) is 0 Å². The van der Waals surface area contributed by atoms with Crippen LogP contribution in [0.25, 0.3) is 5.65 Å². The number of amides is 1. The SMILES string of the molecule is CCc1nc2ccc(C)cn2c1C(=O)NCC1CCN(Cc2ccc(OC(F)(F)F)cc2)CC1. The molecule has 1 saturated heterocycles. The van der Waals surface area contributed by atoms with Gasteiger partial charge in [-0.25, -0.2) is 4.98 Å². The summed E-state index contributed by atoms with van der Waals surface area (Å²) in [7, 11) is 0. The van der Waals surface area contributed by atoms with Crippen LogP contribution in [0.5, 0.6) is 5.75 Å². The lowest BCUT2D eigenvalue weighted by atomic mass is 9.96. The van der Waals surface area contributed by atoms with Crippen molar-refractivity contribution in [3.8, 4) is 5.75 Å². The number of imidazole rings is 1. The number of carbonyl (C=O) groups excluding carboxylic acids is 1. The quantitative estimate of drug-likeness (QED) is 0.537. The number of benzene rings is 1. The van der Waals surface area contributed by atoms with Crippen LogP contribution in [-0.4, -0.2) is 46.2 Å². The lowest BCUT2D eigenvalue weighted by Crippen LogP contribution is -2.38. The summed E-state index contributed by atoms with van der Waals surface area (Å²) in [5, 5.41) is 3.11. The second-order valence-corrected chi connectivity index (χ2v) is 8.82. The van der Waals surface area contributed by atoms with E-state index in [0.717, 1.165) is 48.4 Å². The first-order chi connectivity index (χ1) is 16.2. The Balaban J connectivity index is 1.28. The van der Waals surface area contributed by atoms with Crippen LogP contribution < -0.4 is 10.1 Å². The predicted molar refractivity (Wildman–Crippen MR) is 123 cm³/mol. The smallest absolute Gasteiger partial charge is 0.406 e. The topological polar surface area (TPSA) is 58.9 Å². The van der Waals surface area contributed by atoms with Gasteiger partial charge in [-0.3, -0.25) is 14.1 Å². The molecule has 0 saturated carbocycles. The normalized spacial score (nSPS) is 15.6. The van der Waals surface area contributed by atoms with Crippen molar-refractivity contribution in [2.24, 2.45) is 5.92 Å². The molecule has 0 unspecified atom stereocenters. The van der Waals surface area contributed by atoms with Crippen LogP contribution >= 0.6 is 0 Å². The molecular formula is C25H29F3N4O2. The highest BCUT2D eigenvalue weighted by molar-refractivity contribution is 5.94. The van der Waals surface area contributed by atoms with E-state index in [9.17, 15) is 18.0 Å². The zero-order valence-electron chi connectivity index (χ0n) is 19.4. The molecular weight excluding hydrogens is 445 g/mol. The van der Waals surface area contributed by atoms with Crippen LogP contribution in [0.1, 0.15) is 47.1 Å². The van der Waals surface area contributed by atoms with E-state index in [-0.39, 0.29) is 11.7 Å². The van der Waals surface area contributed by atoms with E-state index in [1.54, 1.807) is 12.1 Å². The second-order valence-electron chi connectivity index (χ2n) is 8.82. The molecule has 1 aliphatic heterocycles. The highest BCUT2D eigenvalue weighted by atomic mass is 19.4. The first-order valence-corrected chi connectivity index (χ1v) is 11.5. The lowest BCUT2D eigenvalue weighted by molar-refractivity contribution is -0.274. The Labute approximate surface area is 196 Å². The summed E-state index contributed by atoms with van der Waals surface area (Å²) >= 11 is 0. The summed E-state index contributed by atoms with van der Waals surface area (Å²) in [5.74, 6) is 0.0744. The summed E-state index contributed by atoms with van der Waals surface area (Å²) in [6, 6.07) is 9.93. The number of ether oxygens (including phenoxy) is 1. The molecule has 1 amide bonds. The predicted octanol–water partition coefficient (Wildman–Crippen LogP) is 4.75. The van der Waals surface area contributed by atoms with Crippen LogP contribution in [0.4, 0.5) is 13.2 Å². The number of pyridine rings is 1. The van der Waals surface area contributed by atoms with E-state index in [2.05, 4.69) is 19.9 Å². The number of fused-ring (bicyclic) bond motifs is 1. The molecule has 182 valence electrons. The second kappa shape index (κ2) is 10.0. The van der Waals surface area contributed by atoms with Crippen molar-refractivity contribution in [2.45, 2.75) is 46.0 Å². The van der Waals surface area contributed by atoms with Crippen LogP contribution in [0.15, 0.2) is 42.6 Å². The first-order valence-electron chi connectivity index (χ1n) is 11.5. The highest BCUT2D eigenvalue weighted by Gasteiger charge is 2.31. The van der Waals surface area contributed by atoms with Gasteiger partial charge in [-0.1, -0.05) is 25.1 Å². The van der Waals surface area contributed by atoms with Crippen LogP contribution in [0, 0.1) is 12.8 Å². The maximum absolute atomic E-state index is 13.0. The van der Waals surface area contributed by atoms with Crippen LogP contribution in [-0.2, 0) is 13.0 Å². The zero-order valence-corrected chi connectivity index (χ0v) is 19.4. The van der Waals surface area contributed by atoms with E-state index in [1.165, 1.54) is 12.1 Å². The monoisotopic (exact) mass is 474 g/mol. The van der Waals surface area contributed by atoms with E-state index in [4.69, 9.17) is 0 Å². The molecule has 1 aromatic carbocycles. The summed E-state index contributed by atoms with van der Waals surface area (Å²) in [5.41, 5.74) is 4.19. The molecule has 6 nitrogen and oxygen atoms in total. The summed E-state index contributed by atoms with van der Waals surface area (Å²) < 4.78 is 42.7. The van der Waals surface area contributed by atoms with Crippen molar-refractivity contribution < 1.29 is 22.7 Å². The molecule has 1 aliphatic rings. The molecule has 0 spiro atoms. The van der Waals surface area contributed by atoms with E-state index in [0.29, 0.717) is 31.1 Å². The lowest BCUT2D eigenvalue weighted by Gasteiger charge is -2.32. The molecule has 1 fully saturated rings. The molecule has 9 heteroatoms. The van der Waals surface area contributed by atoms with Gasteiger partial charge in [0.25, 0.3) is 5.91 Å². The van der Waals surface area contributed by atoms with Gasteiger partial charge in [0, 0.05) is 19.3 Å². The first kappa shape index (κ1) is 24.1. The van der Waals surface area contributed by atoms with Gasteiger partial charge in [-0.15, -0.1) is 13.2 Å². The van der Waals surface area contributed by atoms with Crippen molar-refractivity contribution in [1.82, 2.24) is 19.6 Å². The zero-order chi connectivity index (χ0) is 24.3. The van der Waals surface area contributed by atoms with Crippen LogP contribution in [0.2, 0.25) is 0 Å². The molecule has 0 aliphatic carbocycles. The standard InChI is InChI=1S/C25H29F3N4O2/c1-3-21-23(32-15-17(2)4-9-22(32)30-21)24(33)29-14-18-10-12-31(13-11-18)16-19-5-7-20(8-6-19)34-25(26,27)28/h4-9,15,18H,3,10-14,16H2,1-2H3,(H,29,33). The number of hydrogen-bond donors (Lipinski definition) is 1.